The van der Waals surface area contributed by atoms with Gasteiger partial charge in [-0.2, -0.15) is 0 Å². The fourth-order valence-electron chi connectivity index (χ4n) is 3.33. The number of oxazole rings is 1. The van der Waals surface area contributed by atoms with E-state index in [1.54, 1.807) is 6.26 Å². The summed E-state index contributed by atoms with van der Waals surface area (Å²) in [5, 5.41) is 9.49. The summed E-state index contributed by atoms with van der Waals surface area (Å²) in [6.07, 6.45) is 3.68. The van der Waals surface area contributed by atoms with Crippen LogP contribution in [0.25, 0.3) is 11.5 Å². The molecule has 0 spiro atoms. The molecule has 25 heavy (non-hydrogen) atoms. The molecule has 3 aromatic rings. The summed E-state index contributed by atoms with van der Waals surface area (Å²) in [6, 6.07) is 13.3. The van der Waals surface area contributed by atoms with Gasteiger partial charge in [0.1, 0.15) is 5.76 Å². The zero-order valence-corrected chi connectivity index (χ0v) is 13.6. The van der Waals surface area contributed by atoms with E-state index in [-0.39, 0.29) is 11.7 Å². The number of nitrogens with zero attached hydrogens (tertiary/aromatic N) is 2. The van der Waals surface area contributed by atoms with Crippen molar-refractivity contribution in [3.63, 3.8) is 0 Å². The van der Waals surface area contributed by atoms with Crippen molar-refractivity contribution in [1.82, 2.24) is 9.88 Å². The number of likely N-dealkylation sites (tertiary alicyclic amines) is 1. The van der Waals surface area contributed by atoms with Crippen LogP contribution >= 0.6 is 0 Å². The third-order valence-electron chi connectivity index (χ3n) is 4.50. The molecule has 128 valence electrons. The number of carbonyl (C=O) groups is 1. The number of benzene rings is 1. The highest BCUT2D eigenvalue weighted by Gasteiger charge is 2.31. The summed E-state index contributed by atoms with van der Waals surface area (Å²) in [5.74, 6) is 0.540. The zero-order chi connectivity index (χ0) is 17.2. The van der Waals surface area contributed by atoms with Crippen molar-refractivity contribution in [1.29, 1.82) is 0 Å². The molecule has 0 saturated carbocycles. The maximum atomic E-state index is 11.6. The Morgan fingerprint density at radius 1 is 1.24 bits per heavy atom. The molecule has 0 radical (unpaired) electrons. The van der Waals surface area contributed by atoms with E-state index in [9.17, 15) is 9.90 Å². The van der Waals surface area contributed by atoms with E-state index in [4.69, 9.17) is 8.83 Å². The molecule has 3 heterocycles. The van der Waals surface area contributed by atoms with Crippen LogP contribution in [0, 0.1) is 0 Å². The van der Waals surface area contributed by atoms with Crippen molar-refractivity contribution in [3.8, 4) is 11.5 Å². The third-order valence-corrected chi connectivity index (χ3v) is 4.50. The van der Waals surface area contributed by atoms with Crippen LogP contribution in [0.3, 0.4) is 0 Å². The Kier molecular flexibility index (Phi) is 4.11. The van der Waals surface area contributed by atoms with E-state index in [0.717, 1.165) is 30.7 Å². The van der Waals surface area contributed by atoms with Gasteiger partial charge in [0.2, 0.25) is 5.89 Å². The number of hydrogen-bond acceptors (Lipinski definition) is 5. The second kappa shape index (κ2) is 6.57. The van der Waals surface area contributed by atoms with E-state index in [1.807, 2.05) is 42.5 Å². The van der Waals surface area contributed by atoms with Crippen LogP contribution in [0.4, 0.5) is 0 Å². The van der Waals surface area contributed by atoms with Gasteiger partial charge in [-0.1, -0.05) is 18.2 Å². The average Bonchev–Trinajstić information content (AvgIpc) is 3.36. The highest BCUT2D eigenvalue weighted by atomic mass is 16.4. The first-order chi connectivity index (χ1) is 12.2. The lowest BCUT2D eigenvalue weighted by molar-refractivity contribution is 0.0686. The minimum Gasteiger partial charge on any atom is -0.476 e. The molecule has 1 unspecified atom stereocenters. The predicted octanol–water partition coefficient (Wildman–Crippen LogP) is 3.97. The summed E-state index contributed by atoms with van der Waals surface area (Å²) in [5.41, 5.74) is 0.740. The minimum absolute atomic E-state index is 0.0241. The monoisotopic (exact) mass is 338 g/mol. The fourth-order valence-corrected chi connectivity index (χ4v) is 3.33. The van der Waals surface area contributed by atoms with Gasteiger partial charge in [-0.15, -0.1) is 0 Å². The SMILES string of the molecule is O=C(O)c1nc(-c2ccccc2)oc1CN1CCCC1c1ccco1. The predicted molar refractivity (Wildman–Crippen MR) is 90.0 cm³/mol. The van der Waals surface area contributed by atoms with E-state index in [2.05, 4.69) is 9.88 Å². The highest BCUT2D eigenvalue weighted by Crippen LogP contribution is 2.34. The second-order valence-electron chi connectivity index (χ2n) is 6.11. The molecule has 1 atom stereocenters. The Hall–Kier alpha value is -2.86. The molecular formula is C19H18N2O4. The van der Waals surface area contributed by atoms with Crippen LogP contribution in [0.5, 0.6) is 0 Å². The molecule has 1 aliphatic rings. The van der Waals surface area contributed by atoms with Gasteiger partial charge >= 0.3 is 5.97 Å². The molecule has 1 N–H and O–H groups in total. The van der Waals surface area contributed by atoms with Crippen molar-refractivity contribution >= 4 is 5.97 Å². The number of carboxylic acids is 1. The molecule has 4 rings (SSSR count). The largest absolute Gasteiger partial charge is 0.476 e. The highest BCUT2D eigenvalue weighted by molar-refractivity contribution is 5.87. The van der Waals surface area contributed by atoms with Crippen LogP contribution in [-0.4, -0.2) is 27.5 Å². The van der Waals surface area contributed by atoms with Gasteiger partial charge in [-0.25, -0.2) is 9.78 Å². The third kappa shape index (κ3) is 3.08. The van der Waals surface area contributed by atoms with Gasteiger partial charge in [0.25, 0.3) is 0 Å². The Morgan fingerprint density at radius 3 is 2.80 bits per heavy atom. The van der Waals surface area contributed by atoms with Crippen LogP contribution in [0.1, 0.15) is 40.9 Å². The summed E-state index contributed by atoms with van der Waals surface area (Å²) < 4.78 is 11.4. The molecule has 0 aliphatic carbocycles. The Morgan fingerprint density at radius 2 is 2.08 bits per heavy atom. The standard InChI is InChI=1S/C19H18N2O4/c22-19(23)17-16(25-18(20-17)13-6-2-1-3-7-13)12-21-10-4-8-14(21)15-9-5-11-24-15/h1-3,5-7,9,11,14H,4,8,10,12H2,(H,22,23). The van der Waals surface area contributed by atoms with Crippen LogP contribution in [-0.2, 0) is 6.54 Å². The average molecular weight is 338 g/mol. The second-order valence-corrected chi connectivity index (χ2v) is 6.11. The molecule has 1 saturated heterocycles. The molecule has 0 bridgehead atoms. The molecule has 1 aliphatic heterocycles. The van der Waals surface area contributed by atoms with E-state index in [0.29, 0.717) is 18.2 Å². The van der Waals surface area contributed by atoms with Gasteiger partial charge < -0.3 is 13.9 Å². The number of carboxylic acid groups (broad SMARTS) is 1. The molecule has 0 amide bonds. The maximum Gasteiger partial charge on any atom is 0.358 e. The van der Waals surface area contributed by atoms with Crippen LogP contribution in [0.15, 0.2) is 57.6 Å². The summed E-state index contributed by atoms with van der Waals surface area (Å²) >= 11 is 0. The van der Waals surface area contributed by atoms with Crippen molar-refractivity contribution in [2.24, 2.45) is 0 Å². The summed E-state index contributed by atoms with van der Waals surface area (Å²) in [4.78, 5) is 18.0. The lowest BCUT2D eigenvalue weighted by atomic mass is 10.1. The van der Waals surface area contributed by atoms with Crippen molar-refractivity contribution in [2.75, 3.05) is 6.54 Å². The smallest absolute Gasteiger partial charge is 0.358 e. The van der Waals surface area contributed by atoms with Gasteiger partial charge in [-0.05, 0) is 43.7 Å². The minimum atomic E-state index is -1.07. The molecule has 1 fully saturated rings. The summed E-state index contributed by atoms with van der Waals surface area (Å²) in [6.45, 7) is 1.26. The van der Waals surface area contributed by atoms with E-state index < -0.39 is 5.97 Å². The Labute approximate surface area is 144 Å². The van der Waals surface area contributed by atoms with Gasteiger partial charge in [0.15, 0.2) is 11.5 Å². The molecule has 2 aromatic heterocycles. The number of aromatic nitrogens is 1. The van der Waals surface area contributed by atoms with E-state index in [1.165, 1.54) is 0 Å². The first kappa shape index (κ1) is 15.7. The van der Waals surface area contributed by atoms with Crippen LogP contribution < -0.4 is 0 Å². The van der Waals surface area contributed by atoms with Gasteiger partial charge in [-0.3, -0.25) is 4.90 Å². The molecular weight excluding hydrogens is 320 g/mol. The molecule has 6 nitrogen and oxygen atoms in total. The van der Waals surface area contributed by atoms with E-state index >= 15 is 0 Å². The lowest BCUT2D eigenvalue weighted by Gasteiger charge is -2.21. The lowest BCUT2D eigenvalue weighted by Crippen LogP contribution is -2.23. The Balaban J connectivity index is 1.63. The molecule has 6 heteroatoms. The number of furan rings is 1. The fraction of sp³-hybridized carbons (Fsp3) is 0.263. The van der Waals surface area contributed by atoms with Crippen molar-refractivity contribution in [2.45, 2.75) is 25.4 Å². The zero-order valence-electron chi connectivity index (χ0n) is 13.6. The first-order valence-electron chi connectivity index (χ1n) is 8.28. The topological polar surface area (TPSA) is 79.7 Å². The molecule has 1 aromatic carbocycles. The first-order valence-corrected chi connectivity index (χ1v) is 8.28. The Bertz CT molecular complexity index is 855. The van der Waals surface area contributed by atoms with Gasteiger partial charge in [0.05, 0.1) is 18.8 Å². The maximum absolute atomic E-state index is 11.6. The van der Waals surface area contributed by atoms with Crippen LogP contribution in [0.2, 0.25) is 0 Å². The number of rotatable bonds is 5. The van der Waals surface area contributed by atoms with Crippen molar-refractivity contribution in [3.05, 3.63) is 65.9 Å². The number of hydrogen-bond donors (Lipinski definition) is 1. The van der Waals surface area contributed by atoms with Gasteiger partial charge in [0, 0.05) is 5.56 Å². The quantitative estimate of drug-likeness (QED) is 0.758. The summed E-state index contributed by atoms with van der Waals surface area (Å²) in [7, 11) is 0. The number of aromatic carboxylic acids is 1. The normalized spacial score (nSPS) is 17.8. The van der Waals surface area contributed by atoms with Crippen molar-refractivity contribution < 1.29 is 18.7 Å².